The summed E-state index contributed by atoms with van der Waals surface area (Å²) in [5.41, 5.74) is 8.23. The van der Waals surface area contributed by atoms with E-state index in [9.17, 15) is 0 Å². The van der Waals surface area contributed by atoms with Crippen LogP contribution < -0.4 is 0 Å². The number of rotatable bonds is 2. The van der Waals surface area contributed by atoms with Gasteiger partial charge in [0, 0.05) is 29.6 Å². The van der Waals surface area contributed by atoms with Gasteiger partial charge in [-0.05, 0) is 54.4 Å². The highest BCUT2D eigenvalue weighted by molar-refractivity contribution is 6.07. The van der Waals surface area contributed by atoms with E-state index in [2.05, 4.69) is 64.1 Å². The largest absolute Gasteiger partial charge is 0.456 e. The summed E-state index contributed by atoms with van der Waals surface area (Å²) in [4.78, 5) is 9.29. The lowest BCUT2D eigenvalue weighted by Crippen LogP contribution is -1.94. The normalized spacial score (nSPS) is 11.7. The molecule has 0 amide bonds. The number of fused-ring (bicyclic) bond motifs is 4. The molecule has 3 aromatic carbocycles. The van der Waals surface area contributed by atoms with E-state index in [-0.39, 0.29) is 0 Å². The summed E-state index contributed by atoms with van der Waals surface area (Å²) in [6.07, 6.45) is 1.81. The second-order valence-corrected chi connectivity index (χ2v) is 7.65. The van der Waals surface area contributed by atoms with Crippen molar-refractivity contribution in [1.29, 1.82) is 0 Å². The summed E-state index contributed by atoms with van der Waals surface area (Å²) in [6.45, 7) is 2.02. The fourth-order valence-electron chi connectivity index (χ4n) is 4.33. The maximum atomic E-state index is 6.11. The lowest BCUT2D eigenvalue weighted by Gasteiger charge is -2.04. The van der Waals surface area contributed by atoms with Gasteiger partial charge >= 0.3 is 0 Å². The Hall–Kier alpha value is -3.92. The second kappa shape index (κ2) is 6.29. The van der Waals surface area contributed by atoms with Crippen LogP contribution in [-0.2, 0) is 7.05 Å². The summed E-state index contributed by atoms with van der Waals surface area (Å²) in [5.74, 6) is 0.927. The molecule has 0 fully saturated rings. The number of nitrogens with zero attached hydrogens (tertiary/aromatic N) is 3. The molecule has 0 aliphatic rings. The number of hydrogen-bond donors (Lipinski definition) is 0. The molecule has 6 rings (SSSR count). The number of aryl methyl sites for hydroxylation is 2. The maximum Gasteiger partial charge on any atom is 0.140 e. The van der Waals surface area contributed by atoms with Gasteiger partial charge in [0.05, 0.1) is 16.7 Å². The van der Waals surface area contributed by atoms with Crippen LogP contribution in [0.5, 0.6) is 0 Å². The number of hydrogen-bond acceptors (Lipinski definition) is 3. The average molecular weight is 389 g/mol. The van der Waals surface area contributed by atoms with Crippen molar-refractivity contribution in [2.45, 2.75) is 6.92 Å². The van der Waals surface area contributed by atoms with Gasteiger partial charge in [-0.3, -0.25) is 4.98 Å². The molecule has 4 heteroatoms. The molecular weight excluding hydrogens is 370 g/mol. The van der Waals surface area contributed by atoms with E-state index in [1.165, 1.54) is 11.1 Å². The first-order valence-corrected chi connectivity index (χ1v) is 9.99. The number of aromatic nitrogens is 3. The number of imidazole rings is 1. The Balaban J connectivity index is 1.58. The highest BCUT2D eigenvalue weighted by Gasteiger charge is 2.15. The first kappa shape index (κ1) is 17.0. The fourth-order valence-corrected chi connectivity index (χ4v) is 4.33. The highest BCUT2D eigenvalue weighted by atomic mass is 16.3. The molecule has 0 aliphatic heterocycles. The summed E-state index contributed by atoms with van der Waals surface area (Å²) in [6, 6.07) is 25.1. The topological polar surface area (TPSA) is 43.9 Å². The van der Waals surface area contributed by atoms with Crippen molar-refractivity contribution in [2.24, 2.45) is 7.05 Å². The van der Waals surface area contributed by atoms with Gasteiger partial charge in [-0.25, -0.2) is 4.98 Å². The molecule has 0 bridgehead atoms. The fraction of sp³-hybridized carbons (Fsp3) is 0.0769. The molecule has 30 heavy (non-hydrogen) atoms. The van der Waals surface area contributed by atoms with Crippen LogP contribution in [0.25, 0.3) is 55.5 Å². The minimum absolute atomic E-state index is 0.885. The van der Waals surface area contributed by atoms with Gasteiger partial charge in [0.25, 0.3) is 0 Å². The second-order valence-electron chi connectivity index (χ2n) is 7.65. The lowest BCUT2D eigenvalue weighted by molar-refractivity contribution is 0.669. The van der Waals surface area contributed by atoms with Crippen molar-refractivity contribution in [3.8, 4) is 22.5 Å². The predicted octanol–water partition coefficient (Wildman–Crippen LogP) is 6.51. The SMILES string of the molecule is Cc1nccc2nc(-c3ccc4oc5ccc(-c6ccccc6)cc5c4c3)n(C)c12. The molecule has 6 aromatic rings. The molecule has 144 valence electrons. The highest BCUT2D eigenvalue weighted by Crippen LogP contribution is 2.35. The average Bonchev–Trinajstić information content (AvgIpc) is 3.32. The van der Waals surface area contributed by atoms with Crippen molar-refractivity contribution < 1.29 is 4.42 Å². The van der Waals surface area contributed by atoms with E-state index < -0.39 is 0 Å². The Bertz CT molecular complexity index is 1560. The van der Waals surface area contributed by atoms with E-state index in [4.69, 9.17) is 9.40 Å². The molecule has 0 aliphatic carbocycles. The number of benzene rings is 3. The van der Waals surface area contributed by atoms with Gasteiger partial charge in [0.15, 0.2) is 0 Å². The molecule has 0 N–H and O–H groups in total. The molecule has 0 spiro atoms. The zero-order chi connectivity index (χ0) is 20.2. The van der Waals surface area contributed by atoms with Gasteiger partial charge in [-0.1, -0.05) is 36.4 Å². The molecule has 0 unspecified atom stereocenters. The maximum absolute atomic E-state index is 6.11. The minimum atomic E-state index is 0.885. The lowest BCUT2D eigenvalue weighted by atomic mass is 10.0. The van der Waals surface area contributed by atoms with E-state index in [0.717, 1.165) is 50.1 Å². The van der Waals surface area contributed by atoms with Crippen LogP contribution in [0, 0.1) is 6.92 Å². The summed E-state index contributed by atoms with van der Waals surface area (Å²) < 4.78 is 8.23. The van der Waals surface area contributed by atoms with Crippen molar-refractivity contribution >= 4 is 33.0 Å². The van der Waals surface area contributed by atoms with Crippen molar-refractivity contribution in [2.75, 3.05) is 0 Å². The van der Waals surface area contributed by atoms with Crippen LogP contribution in [0.1, 0.15) is 5.69 Å². The minimum Gasteiger partial charge on any atom is -0.456 e. The van der Waals surface area contributed by atoms with E-state index in [0.29, 0.717) is 0 Å². The molecule has 0 atom stereocenters. The van der Waals surface area contributed by atoms with Crippen molar-refractivity contribution in [3.05, 3.63) is 84.7 Å². The Morgan fingerprint density at radius 1 is 0.767 bits per heavy atom. The Kier molecular flexibility index (Phi) is 3.56. The van der Waals surface area contributed by atoms with Gasteiger partial charge in [-0.15, -0.1) is 0 Å². The Morgan fingerprint density at radius 2 is 1.47 bits per heavy atom. The van der Waals surface area contributed by atoms with Gasteiger partial charge in [-0.2, -0.15) is 0 Å². The van der Waals surface area contributed by atoms with Crippen LogP contribution >= 0.6 is 0 Å². The van der Waals surface area contributed by atoms with Crippen molar-refractivity contribution in [1.82, 2.24) is 14.5 Å². The van der Waals surface area contributed by atoms with Gasteiger partial charge in [0.1, 0.15) is 17.0 Å². The summed E-state index contributed by atoms with van der Waals surface area (Å²) in [5, 5.41) is 2.21. The van der Waals surface area contributed by atoms with E-state index in [1.807, 2.05) is 38.4 Å². The number of furan rings is 1. The molecule has 4 nitrogen and oxygen atoms in total. The van der Waals surface area contributed by atoms with Crippen LogP contribution in [0.4, 0.5) is 0 Å². The molecule has 0 saturated carbocycles. The Labute approximate surface area is 173 Å². The molecule has 3 heterocycles. The van der Waals surface area contributed by atoms with Crippen LogP contribution in [0.2, 0.25) is 0 Å². The smallest absolute Gasteiger partial charge is 0.140 e. The first-order chi connectivity index (χ1) is 14.7. The zero-order valence-electron chi connectivity index (χ0n) is 16.8. The molecule has 3 aromatic heterocycles. The molecular formula is C26H19N3O. The van der Waals surface area contributed by atoms with E-state index in [1.54, 1.807) is 0 Å². The standard InChI is InChI=1S/C26H19N3O/c1-16-25-22(12-13-27-16)28-26(29(25)2)19-9-11-24-21(15-19)20-14-18(8-10-23(20)30-24)17-6-4-3-5-7-17/h3-15H,1-2H3. The van der Waals surface area contributed by atoms with Gasteiger partial charge < -0.3 is 8.98 Å². The number of pyridine rings is 1. The van der Waals surface area contributed by atoms with Gasteiger partial charge in [0.2, 0.25) is 0 Å². The van der Waals surface area contributed by atoms with Crippen LogP contribution in [0.3, 0.4) is 0 Å². The third-order valence-electron chi connectivity index (χ3n) is 5.80. The third kappa shape index (κ3) is 2.47. The summed E-state index contributed by atoms with van der Waals surface area (Å²) >= 11 is 0. The first-order valence-electron chi connectivity index (χ1n) is 9.99. The summed E-state index contributed by atoms with van der Waals surface area (Å²) in [7, 11) is 2.05. The predicted molar refractivity (Wildman–Crippen MR) is 121 cm³/mol. The van der Waals surface area contributed by atoms with Crippen LogP contribution in [0.15, 0.2) is 83.4 Å². The monoisotopic (exact) mass is 389 g/mol. The van der Waals surface area contributed by atoms with Crippen LogP contribution in [-0.4, -0.2) is 14.5 Å². The van der Waals surface area contributed by atoms with E-state index >= 15 is 0 Å². The molecule has 0 radical (unpaired) electrons. The molecule has 0 saturated heterocycles. The Morgan fingerprint density at radius 3 is 2.20 bits per heavy atom. The third-order valence-corrected chi connectivity index (χ3v) is 5.80. The zero-order valence-corrected chi connectivity index (χ0v) is 16.8. The van der Waals surface area contributed by atoms with Crippen molar-refractivity contribution in [3.63, 3.8) is 0 Å². The quantitative estimate of drug-likeness (QED) is 0.339.